The van der Waals surface area contributed by atoms with Crippen molar-refractivity contribution < 1.29 is 14.7 Å². The van der Waals surface area contributed by atoms with Crippen LogP contribution in [0.5, 0.6) is 0 Å². The number of carbonyl (C=O) groups excluding carboxylic acids is 1. The highest BCUT2D eigenvalue weighted by molar-refractivity contribution is 7.07. The standard InChI is InChI=1S/C9H13N3O3S/c1-9(2,3)6(8(14)15)11-7(13)5-4-10-12-16-5/h4,6H,1-3H3,(H,11,13)(H,14,15). The smallest absolute Gasteiger partial charge is 0.326 e. The fourth-order valence-electron chi connectivity index (χ4n) is 1.12. The van der Waals surface area contributed by atoms with Gasteiger partial charge in [-0.05, 0) is 16.9 Å². The number of amides is 1. The van der Waals surface area contributed by atoms with E-state index >= 15 is 0 Å². The Bertz CT molecular complexity index is 383. The SMILES string of the molecule is CC(C)(C)C(NC(=O)c1cnns1)C(=O)O. The van der Waals surface area contributed by atoms with E-state index in [4.69, 9.17) is 5.11 Å². The first kappa shape index (κ1) is 12.6. The Kier molecular flexibility index (Phi) is 3.58. The minimum atomic E-state index is -1.06. The van der Waals surface area contributed by atoms with Gasteiger partial charge in [-0.1, -0.05) is 25.3 Å². The van der Waals surface area contributed by atoms with Crippen molar-refractivity contribution in [2.24, 2.45) is 5.41 Å². The Balaban J connectivity index is 2.78. The van der Waals surface area contributed by atoms with E-state index in [-0.39, 0.29) is 0 Å². The highest BCUT2D eigenvalue weighted by Crippen LogP contribution is 2.20. The second-order valence-electron chi connectivity index (χ2n) is 4.39. The third kappa shape index (κ3) is 2.99. The molecule has 0 aromatic carbocycles. The average molecular weight is 243 g/mol. The van der Waals surface area contributed by atoms with Crippen molar-refractivity contribution in [2.75, 3.05) is 0 Å². The van der Waals surface area contributed by atoms with Crippen LogP contribution in [0, 0.1) is 5.41 Å². The van der Waals surface area contributed by atoms with Gasteiger partial charge in [-0.15, -0.1) is 5.10 Å². The molecule has 1 atom stereocenters. The van der Waals surface area contributed by atoms with Crippen molar-refractivity contribution in [1.29, 1.82) is 0 Å². The summed E-state index contributed by atoms with van der Waals surface area (Å²) in [6.07, 6.45) is 1.31. The fourth-order valence-corrected chi connectivity index (χ4v) is 1.54. The zero-order valence-corrected chi connectivity index (χ0v) is 10.0. The van der Waals surface area contributed by atoms with E-state index in [2.05, 4.69) is 14.9 Å². The van der Waals surface area contributed by atoms with Gasteiger partial charge in [0.1, 0.15) is 10.9 Å². The predicted octanol–water partition coefficient (Wildman–Crippen LogP) is 0.767. The van der Waals surface area contributed by atoms with Crippen LogP contribution < -0.4 is 5.32 Å². The molecule has 1 heterocycles. The van der Waals surface area contributed by atoms with Crippen LogP contribution in [-0.2, 0) is 4.79 Å². The lowest BCUT2D eigenvalue weighted by Gasteiger charge is -2.27. The number of hydrogen-bond donors (Lipinski definition) is 2. The number of carboxylic acid groups (broad SMARTS) is 1. The first-order chi connectivity index (χ1) is 7.32. The molecule has 0 aliphatic heterocycles. The second-order valence-corrected chi connectivity index (χ2v) is 5.18. The van der Waals surface area contributed by atoms with Crippen LogP contribution in [0.3, 0.4) is 0 Å². The monoisotopic (exact) mass is 243 g/mol. The van der Waals surface area contributed by atoms with Crippen LogP contribution in [0.4, 0.5) is 0 Å². The molecule has 0 saturated carbocycles. The maximum atomic E-state index is 11.6. The molecular weight excluding hydrogens is 230 g/mol. The Morgan fingerprint density at radius 1 is 1.50 bits per heavy atom. The van der Waals surface area contributed by atoms with Crippen molar-refractivity contribution in [3.05, 3.63) is 11.1 Å². The summed E-state index contributed by atoms with van der Waals surface area (Å²) in [5.41, 5.74) is -0.556. The maximum absolute atomic E-state index is 11.6. The molecule has 0 bridgehead atoms. The summed E-state index contributed by atoms with van der Waals surface area (Å²) in [5, 5.41) is 15.0. The van der Waals surface area contributed by atoms with Gasteiger partial charge in [-0.3, -0.25) is 4.79 Å². The molecule has 0 aliphatic carbocycles. The van der Waals surface area contributed by atoms with Crippen molar-refractivity contribution in [1.82, 2.24) is 14.9 Å². The van der Waals surface area contributed by atoms with Crippen LogP contribution in [0.15, 0.2) is 6.20 Å². The van der Waals surface area contributed by atoms with E-state index in [0.29, 0.717) is 4.88 Å². The number of aliphatic carboxylic acids is 1. The first-order valence-corrected chi connectivity index (χ1v) is 5.40. The maximum Gasteiger partial charge on any atom is 0.326 e. The summed E-state index contributed by atoms with van der Waals surface area (Å²) in [4.78, 5) is 22.9. The van der Waals surface area contributed by atoms with Gasteiger partial charge < -0.3 is 10.4 Å². The Hall–Kier alpha value is -1.50. The van der Waals surface area contributed by atoms with E-state index in [1.807, 2.05) is 0 Å². The lowest BCUT2D eigenvalue weighted by molar-refractivity contribution is -0.142. The molecule has 1 unspecified atom stereocenters. The molecule has 1 aromatic rings. The van der Waals surface area contributed by atoms with Gasteiger partial charge in [0.2, 0.25) is 0 Å². The van der Waals surface area contributed by atoms with Crippen LogP contribution >= 0.6 is 11.5 Å². The minimum absolute atomic E-state index is 0.301. The van der Waals surface area contributed by atoms with Crippen LogP contribution in [-0.4, -0.2) is 32.6 Å². The molecule has 6 nitrogen and oxygen atoms in total. The summed E-state index contributed by atoms with van der Waals surface area (Å²) >= 11 is 0.929. The number of rotatable bonds is 3. The number of carbonyl (C=O) groups is 2. The average Bonchev–Trinajstić information content (AvgIpc) is 2.63. The van der Waals surface area contributed by atoms with Gasteiger partial charge >= 0.3 is 5.97 Å². The van der Waals surface area contributed by atoms with Gasteiger partial charge in [0.15, 0.2) is 0 Å². The van der Waals surface area contributed by atoms with Crippen molar-refractivity contribution in [3.8, 4) is 0 Å². The summed E-state index contributed by atoms with van der Waals surface area (Å²) in [6, 6.07) is -0.943. The number of carboxylic acids is 1. The zero-order chi connectivity index (χ0) is 12.3. The normalized spacial score (nSPS) is 13.2. The molecule has 0 fully saturated rings. The molecule has 0 saturated heterocycles. The Morgan fingerprint density at radius 3 is 2.50 bits per heavy atom. The van der Waals surface area contributed by atoms with Crippen molar-refractivity contribution in [3.63, 3.8) is 0 Å². The molecule has 16 heavy (non-hydrogen) atoms. The van der Waals surface area contributed by atoms with Crippen LogP contribution in [0.25, 0.3) is 0 Å². The fraction of sp³-hybridized carbons (Fsp3) is 0.556. The molecule has 88 valence electrons. The molecular formula is C9H13N3O3S. The molecule has 1 rings (SSSR count). The number of hydrogen-bond acceptors (Lipinski definition) is 5. The van der Waals surface area contributed by atoms with Crippen molar-refractivity contribution >= 4 is 23.4 Å². The minimum Gasteiger partial charge on any atom is -0.480 e. The predicted molar refractivity (Wildman–Crippen MR) is 58.3 cm³/mol. The third-order valence-corrected chi connectivity index (χ3v) is 2.64. The quantitative estimate of drug-likeness (QED) is 0.818. The lowest BCUT2D eigenvalue weighted by Crippen LogP contribution is -2.48. The van der Waals surface area contributed by atoms with E-state index < -0.39 is 23.3 Å². The highest BCUT2D eigenvalue weighted by Gasteiger charge is 2.33. The van der Waals surface area contributed by atoms with Gasteiger partial charge in [-0.2, -0.15) is 0 Å². The second kappa shape index (κ2) is 4.56. The summed E-state index contributed by atoms with van der Waals surface area (Å²) < 4.78 is 3.54. The molecule has 0 radical (unpaired) electrons. The van der Waals surface area contributed by atoms with Gasteiger partial charge in [0.05, 0.1) is 6.20 Å². The Morgan fingerprint density at radius 2 is 2.12 bits per heavy atom. The molecule has 1 amide bonds. The van der Waals surface area contributed by atoms with Crippen molar-refractivity contribution in [2.45, 2.75) is 26.8 Å². The summed E-state index contributed by atoms with van der Waals surface area (Å²) in [6.45, 7) is 5.24. The first-order valence-electron chi connectivity index (χ1n) is 4.63. The molecule has 0 aliphatic rings. The zero-order valence-electron chi connectivity index (χ0n) is 9.22. The topological polar surface area (TPSA) is 92.2 Å². The summed E-state index contributed by atoms with van der Waals surface area (Å²) in [5.74, 6) is -1.52. The summed E-state index contributed by atoms with van der Waals surface area (Å²) in [7, 11) is 0. The molecule has 2 N–H and O–H groups in total. The Labute approximate surface area is 96.8 Å². The van der Waals surface area contributed by atoms with Crippen LogP contribution in [0.2, 0.25) is 0 Å². The lowest BCUT2D eigenvalue weighted by atomic mass is 9.87. The number of nitrogens with zero attached hydrogens (tertiary/aromatic N) is 2. The molecule has 7 heteroatoms. The molecule has 1 aromatic heterocycles. The van der Waals surface area contributed by atoms with E-state index in [1.54, 1.807) is 20.8 Å². The van der Waals surface area contributed by atoms with E-state index in [1.165, 1.54) is 6.20 Å². The van der Waals surface area contributed by atoms with Crippen LogP contribution in [0.1, 0.15) is 30.4 Å². The van der Waals surface area contributed by atoms with Gasteiger partial charge in [0, 0.05) is 0 Å². The third-order valence-electron chi connectivity index (χ3n) is 1.97. The largest absolute Gasteiger partial charge is 0.480 e. The van der Waals surface area contributed by atoms with E-state index in [0.717, 1.165) is 11.5 Å². The highest BCUT2D eigenvalue weighted by atomic mass is 32.1. The van der Waals surface area contributed by atoms with Gasteiger partial charge in [0.25, 0.3) is 5.91 Å². The molecule has 0 spiro atoms. The number of aromatic nitrogens is 2. The van der Waals surface area contributed by atoms with Gasteiger partial charge in [-0.25, -0.2) is 4.79 Å². The number of nitrogens with one attached hydrogen (secondary N) is 1. The van der Waals surface area contributed by atoms with E-state index in [9.17, 15) is 9.59 Å².